The highest BCUT2D eigenvalue weighted by molar-refractivity contribution is 6.30. The molecule has 1 aliphatic rings. The van der Waals surface area contributed by atoms with Crippen LogP contribution in [0.3, 0.4) is 0 Å². The van der Waals surface area contributed by atoms with E-state index in [-0.39, 0.29) is 24.4 Å². The van der Waals surface area contributed by atoms with E-state index in [0.29, 0.717) is 17.5 Å². The van der Waals surface area contributed by atoms with Crippen LogP contribution in [-0.4, -0.2) is 18.5 Å². The van der Waals surface area contributed by atoms with Gasteiger partial charge in [0.05, 0.1) is 5.41 Å². The summed E-state index contributed by atoms with van der Waals surface area (Å²) < 4.78 is 0. The van der Waals surface area contributed by atoms with Gasteiger partial charge in [0.25, 0.3) is 0 Å². The predicted octanol–water partition coefficient (Wildman–Crippen LogP) is 3.67. The second kappa shape index (κ2) is 8.19. The maximum Gasteiger partial charge on any atom is 0.230 e. The SMILES string of the molecule is CCC(CC)(C(=O)NC(CN)C1CC1)c1ccc(Cl)cc1.Cl. The Labute approximate surface area is 144 Å². The number of nitrogens with one attached hydrogen (secondary N) is 1. The zero-order chi connectivity index (χ0) is 15.5. The highest BCUT2D eigenvalue weighted by Gasteiger charge is 2.40. The third kappa shape index (κ3) is 3.95. The van der Waals surface area contributed by atoms with E-state index in [1.54, 1.807) is 0 Å². The van der Waals surface area contributed by atoms with Gasteiger partial charge in [0.1, 0.15) is 0 Å². The van der Waals surface area contributed by atoms with E-state index in [1.807, 2.05) is 24.3 Å². The average molecular weight is 345 g/mol. The van der Waals surface area contributed by atoms with E-state index in [2.05, 4.69) is 19.2 Å². The Morgan fingerprint density at radius 3 is 2.27 bits per heavy atom. The van der Waals surface area contributed by atoms with Crippen LogP contribution in [0.25, 0.3) is 0 Å². The van der Waals surface area contributed by atoms with Gasteiger partial charge in [-0.05, 0) is 49.3 Å². The van der Waals surface area contributed by atoms with E-state index in [0.717, 1.165) is 18.4 Å². The van der Waals surface area contributed by atoms with Crippen molar-refractivity contribution in [2.24, 2.45) is 11.7 Å². The minimum atomic E-state index is -0.493. The van der Waals surface area contributed by atoms with Crippen molar-refractivity contribution in [3.05, 3.63) is 34.9 Å². The highest BCUT2D eigenvalue weighted by atomic mass is 35.5. The van der Waals surface area contributed by atoms with Gasteiger partial charge in [-0.2, -0.15) is 0 Å². The molecule has 1 aliphatic carbocycles. The zero-order valence-electron chi connectivity index (χ0n) is 13.3. The summed E-state index contributed by atoms with van der Waals surface area (Å²) in [5.74, 6) is 0.660. The molecule has 0 aromatic heterocycles. The molecule has 3 nitrogen and oxygen atoms in total. The van der Waals surface area contributed by atoms with E-state index in [9.17, 15) is 4.79 Å². The Bertz CT molecular complexity index is 482. The van der Waals surface area contributed by atoms with Crippen LogP contribution in [0.4, 0.5) is 0 Å². The second-order valence-corrected chi connectivity index (χ2v) is 6.39. The molecule has 1 unspecified atom stereocenters. The van der Waals surface area contributed by atoms with Gasteiger partial charge in [0.15, 0.2) is 0 Å². The van der Waals surface area contributed by atoms with Gasteiger partial charge in [-0.1, -0.05) is 37.6 Å². The normalized spacial score (nSPS) is 15.8. The smallest absolute Gasteiger partial charge is 0.230 e. The molecule has 1 fully saturated rings. The summed E-state index contributed by atoms with van der Waals surface area (Å²) in [4.78, 5) is 12.9. The number of benzene rings is 1. The second-order valence-electron chi connectivity index (χ2n) is 5.95. The average Bonchev–Trinajstić information content (AvgIpc) is 3.33. The third-order valence-electron chi connectivity index (χ3n) is 4.80. The molecule has 0 saturated heterocycles. The van der Waals surface area contributed by atoms with E-state index < -0.39 is 5.41 Å². The van der Waals surface area contributed by atoms with Crippen molar-refractivity contribution in [2.75, 3.05) is 6.54 Å². The van der Waals surface area contributed by atoms with Crippen LogP contribution in [-0.2, 0) is 10.2 Å². The van der Waals surface area contributed by atoms with Gasteiger partial charge in [-0.15, -0.1) is 12.4 Å². The number of hydrogen-bond donors (Lipinski definition) is 2. The Balaban J connectivity index is 0.00000242. The predicted molar refractivity (Wildman–Crippen MR) is 94.7 cm³/mol. The first kappa shape index (κ1) is 19.3. The molecule has 1 saturated carbocycles. The van der Waals surface area contributed by atoms with Crippen molar-refractivity contribution in [3.8, 4) is 0 Å². The topological polar surface area (TPSA) is 55.1 Å². The summed E-state index contributed by atoms with van der Waals surface area (Å²) in [6, 6.07) is 7.74. The van der Waals surface area contributed by atoms with Crippen molar-refractivity contribution in [3.63, 3.8) is 0 Å². The monoisotopic (exact) mass is 344 g/mol. The maximum atomic E-state index is 12.9. The molecule has 0 aliphatic heterocycles. The minimum Gasteiger partial charge on any atom is -0.351 e. The molecule has 0 bridgehead atoms. The zero-order valence-corrected chi connectivity index (χ0v) is 14.8. The molecule has 1 aromatic carbocycles. The largest absolute Gasteiger partial charge is 0.351 e. The van der Waals surface area contributed by atoms with Gasteiger partial charge >= 0.3 is 0 Å². The number of amides is 1. The van der Waals surface area contributed by atoms with Crippen LogP contribution in [0.1, 0.15) is 45.1 Å². The first-order valence-electron chi connectivity index (χ1n) is 7.84. The lowest BCUT2D eigenvalue weighted by Crippen LogP contribution is -2.50. The molecule has 0 radical (unpaired) electrons. The summed E-state index contributed by atoms with van der Waals surface area (Å²) >= 11 is 5.97. The number of carbonyl (C=O) groups excluding carboxylic acids is 1. The molecule has 5 heteroatoms. The van der Waals surface area contributed by atoms with E-state index in [1.165, 1.54) is 12.8 Å². The molecule has 0 spiro atoms. The van der Waals surface area contributed by atoms with Gasteiger partial charge < -0.3 is 11.1 Å². The Morgan fingerprint density at radius 2 is 1.86 bits per heavy atom. The van der Waals surface area contributed by atoms with Crippen molar-refractivity contribution in [1.29, 1.82) is 0 Å². The lowest BCUT2D eigenvalue weighted by molar-refractivity contribution is -0.128. The first-order chi connectivity index (χ1) is 10.1. The third-order valence-corrected chi connectivity index (χ3v) is 5.05. The molecule has 2 rings (SSSR count). The molecule has 1 aromatic rings. The van der Waals surface area contributed by atoms with Gasteiger partial charge in [-0.3, -0.25) is 4.79 Å². The van der Waals surface area contributed by atoms with Crippen LogP contribution in [0.5, 0.6) is 0 Å². The molecule has 3 N–H and O–H groups in total. The molecular formula is C17H26Cl2N2O. The molecule has 0 heterocycles. The molecule has 22 heavy (non-hydrogen) atoms. The van der Waals surface area contributed by atoms with Crippen LogP contribution in [0, 0.1) is 5.92 Å². The summed E-state index contributed by atoms with van der Waals surface area (Å²) in [6.45, 7) is 4.64. The van der Waals surface area contributed by atoms with Gasteiger partial charge in [-0.25, -0.2) is 0 Å². The first-order valence-corrected chi connectivity index (χ1v) is 8.22. The van der Waals surface area contributed by atoms with Crippen molar-refractivity contribution in [1.82, 2.24) is 5.32 Å². The number of nitrogens with two attached hydrogens (primary N) is 1. The molecule has 1 amide bonds. The van der Waals surface area contributed by atoms with Crippen LogP contribution < -0.4 is 11.1 Å². The number of carbonyl (C=O) groups is 1. The number of rotatable bonds is 7. The fourth-order valence-electron chi connectivity index (χ4n) is 3.05. The summed E-state index contributed by atoms with van der Waals surface area (Å²) in [7, 11) is 0. The molecule has 124 valence electrons. The summed E-state index contributed by atoms with van der Waals surface area (Å²) in [5, 5.41) is 3.88. The van der Waals surface area contributed by atoms with Gasteiger partial charge in [0.2, 0.25) is 5.91 Å². The fraction of sp³-hybridized carbons (Fsp3) is 0.588. The molecule has 1 atom stereocenters. The van der Waals surface area contributed by atoms with Crippen LogP contribution in [0.2, 0.25) is 5.02 Å². The Morgan fingerprint density at radius 1 is 1.32 bits per heavy atom. The standard InChI is InChI=1S/C17H25ClN2O.ClH/c1-3-17(4-2,13-7-9-14(18)10-8-13)16(21)20-15(11-19)12-5-6-12;/h7-10,12,15H,3-6,11,19H2,1-2H3,(H,20,21);1H. The highest BCUT2D eigenvalue weighted by Crippen LogP contribution is 2.35. The number of halogens is 2. The van der Waals surface area contributed by atoms with Crippen LogP contribution in [0.15, 0.2) is 24.3 Å². The van der Waals surface area contributed by atoms with Crippen molar-refractivity contribution < 1.29 is 4.79 Å². The Hall–Kier alpha value is -0.770. The number of hydrogen-bond acceptors (Lipinski definition) is 2. The summed E-state index contributed by atoms with van der Waals surface area (Å²) in [6.07, 6.45) is 3.88. The van der Waals surface area contributed by atoms with Crippen molar-refractivity contribution >= 4 is 29.9 Å². The van der Waals surface area contributed by atoms with Crippen molar-refractivity contribution in [2.45, 2.75) is 51.0 Å². The lowest BCUT2D eigenvalue weighted by Gasteiger charge is -2.33. The van der Waals surface area contributed by atoms with Crippen LogP contribution >= 0.6 is 24.0 Å². The van der Waals surface area contributed by atoms with E-state index in [4.69, 9.17) is 17.3 Å². The fourth-order valence-corrected chi connectivity index (χ4v) is 3.18. The molecular weight excluding hydrogens is 319 g/mol. The summed E-state index contributed by atoms with van der Waals surface area (Å²) in [5.41, 5.74) is 6.35. The quantitative estimate of drug-likeness (QED) is 0.792. The Kier molecular flexibility index (Phi) is 7.17. The minimum absolute atomic E-state index is 0. The lowest BCUT2D eigenvalue weighted by atomic mass is 9.75. The van der Waals surface area contributed by atoms with Gasteiger partial charge in [0, 0.05) is 17.6 Å². The van der Waals surface area contributed by atoms with E-state index >= 15 is 0 Å². The maximum absolute atomic E-state index is 12.9.